The van der Waals surface area contributed by atoms with Crippen molar-refractivity contribution in [3.8, 4) is 5.75 Å². The van der Waals surface area contributed by atoms with Crippen molar-refractivity contribution < 1.29 is 14.3 Å². The van der Waals surface area contributed by atoms with Crippen molar-refractivity contribution in [1.82, 2.24) is 0 Å². The highest BCUT2D eigenvalue weighted by atomic mass is 16.5. The molecule has 0 aliphatic rings. The fraction of sp³-hybridized carbons (Fsp3) is 0.467. The molecule has 0 bridgehead atoms. The predicted octanol–water partition coefficient (Wildman–Crippen LogP) is 2.95. The Kier molecular flexibility index (Phi) is 4.70. The number of rotatable bonds is 4. The van der Waals surface area contributed by atoms with E-state index in [-0.39, 0.29) is 18.1 Å². The number of aryl methyl sites for hydroxylation is 1. The molecule has 19 heavy (non-hydrogen) atoms. The molecule has 0 spiro atoms. The van der Waals surface area contributed by atoms with Gasteiger partial charge in [0, 0.05) is 5.41 Å². The molecule has 0 heterocycles. The molecule has 1 amide bonds. The fourth-order valence-corrected chi connectivity index (χ4v) is 1.52. The molecule has 1 rings (SSSR count). The minimum Gasteiger partial charge on any atom is -0.495 e. The van der Waals surface area contributed by atoms with E-state index in [4.69, 9.17) is 4.74 Å². The number of ether oxygens (including phenoxy) is 1. The number of ketones is 1. The molecule has 0 aliphatic heterocycles. The zero-order valence-corrected chi connectivity index (χ0v) is 12.2. The van der Waals surface area contributed by atoms with Crippen LogP contribution in [-0.4, -0.2) is 18.8 Å². The predicted molar refractivity (Wildman–Crippen MR) is 75.4 cm³/mol. The first-order valence-corrected chi connectivity index (χ1v) is 6.22. The summed E-state index contributed by atoms with van der Waals surface area (Å²) >= 11 is 0. The van der Waals surface area contributed by atoms with Crippen LogP contribution in [0.25, 0.3) is 0 Å². The number of carbonyl (C=O) groups excluding carboxylic acids is 2. The minimum absolute atomic E-state index is 0.0865. The van der Waals surface area contributed by atoms with E-state index in [0.717, 1.165) is 5.56 Å². The van der Waals surface area contributed by atoms with Gasteiger partial charge < -0.3 is 10.1 Å². The third kappa shape index (κ3) is 4.39. The van der Waals surface area contributed by atoms with Gasteiger partial charge in [-0.15, -0.1) is 0 Å². The van der Waals surface area contributed by atoms with E-state index < -0.39 is 5.41 Å². The van der Waals surface area contributed by atoms with Crippen molar-refractivity contribution >= 4 is 17.4 Å². The molecule has 0 saturated carbocycles. The molecule has 1 aromatic rings. The highest BCUT2D eigenvalue weighted by Gasteiger charge is 2.23. The molecule has 0 aromatic heterocycles. The van der Waals surface area contributed by atoms with Crippen molar-refractivity contribution in [2.75, 3.05) is 12.4 Å². The lowest BCUT2D eigenvalue weighted by Gasteiger charge is -2.16. The maximum Gasteiger partial charge on any atom is 0.231 e. The van der Waals surface area contributed by atoms with Crippen LogP contribution < -0.4 is 10.1 Å². The summed E-state index contributed by atoms with van der Waals surface area (Å²) in [7, 11) is 1.54. The Morgan fingerprint density at radius 3 is 2.42 bits per heavy atom. The molecule has 4 nitrogen and oxygen atoms in total. The summed E-state index contributed by atoms with van der Waals surface area (Å²) < 4.78 is 5.17. The fourth-order valence-electron chi connectivity index (χ4n) is 1.52. The summed E-state index contributed by atoms with van der Waals surface area (Å²) in [5, 5.41) is 2.72. The van der Waals surface area contributed by atoms with Crippen LogP contribution in [0.2, 0.25) is 0 Å². The van der Waals surface area contributed by atoms with Gasteiger partial charge >= 0.3 is 0 Å². The van der Waals surface area contributed by atoms with Crippen LogP contribution >= 0.6 is 0 Å². The number of carbonyl (C=O) groups is 2. The first kappa shape index (κ1) is 15.2. The Hall–Kier alpha value is -1.84. The summed E-state index contributed by atoms with van der Waals surface area (Å²) in [6.45, 7) is 7.33. The molecular formula is C15H21NO3. The largest absolute Gasteiger partial charge is 0.495 e. The Balaban J connectivity index is 2.77. The van der Waals surface area contributed by atoms with Crippen LogP contribution in [-0.2, 0) is 9.59 Å². The lowest BCUT2D eigenvalue weighted by molar-refractivity contribution is -0.130. The van der Waals surface area contributed by atoms with E-state index in [1.54, 1.807) is 33.9 Å². The molecule has 1 N–H and O–H groups in total. The van der Waals surface area contributed by atoms with Gasteiger partial charge in [0.05, 0.1) is 19.2 Å². The first-order chi connectivity index (χ1) is 8.74. The zero-order valence-electron chi connectivity index (χ0n) is 12.2. The van der Waals surface area contributed by atoms with Crippen LogP contribution in [0, 0.1) is 12.3 Å². The molecule has 0 radical (unpaired) electrons. The van der Waals surface area contributed by atoms with Crippen LogP contribution in [0.4, 0.5) is 5.69 Å². The van der Waals surface area contributed by atoms with Crippen LogP contribution in [0.3, 0.4) is 0 Å². The number of Topliss-reactive ketones (excluding diaryl/α,β-unsaturated/α-hetero) is 1. The number of methoxy groups -OCH3 is 1. The monoisotopic (exact) mass is 263 g/mol. The summed E-state index contributed by atoms with van der Waals surface area (Å²) in [6.07, 6.45) is -0.124. The second-order valence-corrected chi connectivity index (χ2v) is 5.60. The summed E-state index contributed by atoms with van der Waals surface area (Å²) in [5.41, 5.74) is 1.10. The SMILES string of the molecule is COc1ccc(C)cc1NC(=O)CC(=O)C(C)(C)C. The Morgan fingerprint density at radius 1 is 1.26 bits per heavy atom. The molecular weight excluding hydrogens is 242 g/mol. The van der Waals surface area contributed by atoms with Crippen molar-refractivity contribution in [3.63, 3.8) is 0 Å². The van der Waals surface area contributed by atoms with Gasteiger partial charge in [-0.05, 0) is 24.6 Å². The van der Waals surface area contributed by atoms with E-state index in [9.17, 15) is 9.59 Å². The number of hydrogen-bond acceptors (Lipinski definition) is 3. The van der Waals surface area contributed by atoms with Crippen LogP contribution in [0.15, 0.2) is 18.2 Å². The molecule has 0 atom stereocenters. The molecule has 0 saturated heterocycles. The number of hydrogen-bond donors (Lipinski definition) is 1. The first-order valence-electron chi connectivity index (χ1n) is 6.22. The third-order valence-corrected chi connectivity index (χ3v) is 2.79. The summed E-state index contributed by atoms with van der Waals surface area (Å²) in [6, 6.07) is 5.50. The second kappa shape index (κ2) is 5.87. The van der Waals surface area contributed by atoms with Gasteiger partial charge in [0.1, 0.15) is 11.5 Å². The lowest BCUT2D eigenvalue weighted by atomic mass is 9.89. The maximum absolute atomic E-state index is 11.9. The topological polar surface area (TPSA) is 55.4 Å². The average molecular weight is 263 g/mol. The summed E-state index contributed by atoms with van der Waals surface area (Å²) in [4.78, 5) is 23.7. The standard InChI is InChI=1S/C15H21NO3/c1-10-6-7-12(19-5)11(8-10)16-14(18)9-13(17)15(2,3)4/h6-8H,9H2,1-5H3,(H,16,18). The molecule has 0 aliphatic carbocycles. The van der Waals surface area contributed by atoms with E-state index in [1.165, 1.54) is 0 Å². The van der Waals surface area contributed by atoms with Gasteiger partial charge in [-0.25, -0.2) is 0 Å². The highest BCUT2D eigenvalue weighted by Crippen LogP contribution is 2.25. The Morgan fingerprint density at radius 2 is 1.89 bits per heavy atom. The van der Waals surface area contributed by atoms with E-state index in [2.05, 4.69) is 5.32 Å². The van der Waals surface area contributed by atoms with Gasteiger partial charge in [-0.1, -0.05) is 26.8 Å². The van der Waals surface area contributed by atoms with Crippen LogP contribution in [0.5, 0.6) is 5.75 Å². The van der Waals surface area contributed by atoms with Crippen molar-refractivity contribution in [2.45, 2.75) is 34.1 Å². The molecule has 0 unspecified atom stereocenters. The van der Waals surface area contributed by atoms with Gasteiger partial charge in [0.25, 0.3) is 0 Å². The van der Waals surface area contributed by atoms with E-state index in [1.807, 2.05) is 19.1 Å². The number of benzene rings is 1. The number of amides is 1. The van der Waals surface area contributed by atoms with Gasteiger partial charge in [0.15, 0.2) is 0 Å². The van der Waals surface area contributed by atoms with Gasteiger partial charge in [-0.3, -0.25) is 9.59 Å². The third-order valence-electron chi connectivity index (χ3n) is 2.79. The van der Waals surface area contributed by atoms with Crippen LogP contribution in [0.1, 0.15) is 32.8 Å². The van der Waals surface area contributed by atoms with Crippen molar-refractivity contribution in [1.29, 1.82) is 0 Å². The average Bonchev–Trinajstić information content (AvgIpc) is 2.27. The number of nitrogens with one attached hydrogen (secondary N) is 1. The van der Waals surface area contributed by atoms with Gasteiger partial charge in [-0.2, -0.15) is 0 Å². The lowest BCUT2D eigenvalue weighted by Crippen LogP contribution is -2.26. The Labute approximate surface area is 114 Å². The summed E-state index contributed by atoms with van der Waals surface area (Å²) in [5.74, 6) is 0.183. The Bertz CT molecular complexity index is 487. The van der Waals surface area contributed by atoms with Crippen molar-refractivity contribution in [3.05, 3.63) is 23.8 Å². The maximum atomic E-state index is 11.9. The van der Waals surface area contributed by atoms with E-state index >= 15 is 0 Å². The highest BCUT2D eigenvalue weighted by molar-refractivity contribution is 6.06. The van der Waals surface area contributed by atoms with Gasteiger partial charge in [0.2, 0.25) is 5.91 Å². The molecule has 1 aromatic carbocycles. The second-order valence-electron chi connectivity index (χ2n) is 5.60. The van der Waals surface area contributed by atoms with E-state index in [0.29, 0.717) is 11.4 Å². The quantitative estimate of drug-likeness (QED) is 0.850. The normalized spacial score (nSPS) is 11.0. The molecule has 0 fully saturated rings. The smallest absolute Gasteiger partial charge is 0.231 e. The number of anilines is 1. The molecule has 4 heteroatoms. The molecule has 104 valence electrons. The minimum atomic E-state index is -0.506. The zero-order chi connectivity index (χ0) is 14.6. The van der Waals surface area contributed by atoms with Crippen molar-refractivity contribution in [2.24, 2.45) is 5.41 Å².